The summed E-state index contributed by atoms with van der Waals surface area (Å²) < 4.78 is 24.5. The Bertz CT molecular complexity index is 459. The van der Waals surface area contributed by atoms with E-state index in [2.05, 4.69) is 15.6 Å². The minimum atomic E-state index is -3.09. The van der Waals surface area contributed by atoms with Crippen LogP contribution in [0, 0.1) is 5.92 Å². The van der Waals surface area contributed by atoms with Crippen LogP contribution in [0.2, 0.25) is 0 Å². The zero-order valence-corrected chi connectivity index (χ0v) is 16.5. The number of rotatable bonds is 10. The molecule has 1 aliphatic rings. The summed E-state index contributed by atoms with van der Waals surface area (Å²) in [4.78, 5) is 4.22. The third kappa shape index (κ3) is 8.87. The summed E-state index contributed by atoms with van der Waals surface area (Å²) in [7, 11) is -1.32. The maximum atomic E-state index is 11.5. The normalized spacial score (nSPS) is 17.2. The smallest absolute Gasteiger partial charge is 0.211 e. The van der Waals surface area contributed by atoms with Crippen LogP contribution >= 0.6 is 0 Å². The molecule has 1 fully saturated rings. The van der Waals surface area contributed by atoms with Gasteiger partial charge >= 0.3 is 0 Å². The molecule has 0 aromatic heterocycles. The Balaban J connectivity index is 2.11. The number of nitrogens with one attached hydrogen (secondary N) is 2. The highest BCUT2D eigenvalue weighted by Gasteiger charge is 2.14. The number of guanidine groups is 1. The molecule has 6 nitrogen and oxygen atoms in total. The van der Waals surface area contributed by atoms with Gasteiger partial charge in [0.05, 0.1) is 6.26 Å². The zero-order chi connectivity index (χ0) is 17.8. The fourth-order valence-corrected chi connectivity index (χ4v) is 4.24. The predicted molar refractivity (Wildman–Crippen MR) is 102 cm³/mol. The first-order valence-corrected chi connectivity index (χ1v) is 11.2. The molecule has 0 aromatic rings. The molecule has 0 aromatic carbocycles. The number of hydrogen-bond donors (Lipinski definition) is 2. The largest absolute Gasteiger partial charge is 0.356 e. The molecule has 0 saturated heterocycles. The van der Waals surface area contributed by atoms with E-state index in [0.29, 0.717) is 19.6 Å². The fraction of sp³-hybridized carbons (Fsp3) is 0.941. The highest BCUT2D eigenvalue weighted by Crippen LogP contribution is 2.26. The second-order valence-electron chi connectivity index (χ2n) is 6.68. The molecular weight excluding hydrogens is 324 g/mol. The van der Waals surface area contributed by atoms with Crippen molar-refractivity contribution in [3.63, 3.8) is 0 Å². The fourth-order valence-electron chi connectivity index (χ4n) is 3.31. The van der Waals surface area contributed by atoms with Crippen LogP contribution in [0.25, 0.3) is 0 Å². The zero-order valence-electron chi connectivity index (χ0n) is 15.7. The van der Waals surface area contributed by atoms with Crippen LogP contribution in [0.15, 0.2) is 4.99 Å². The Morgan fingerprint density at radius 1 is 1.12 bits per heavy atom. The lowest BCUT2D eigenvalue weighted by Crippen LogP contribution is -2.39. The first-order valence-electron chi connectivity index (χ1n) is 9.37. The highest BCUT2D eigenvalue weighted by molar-refractivity contribution is 7.88. The van der Waals surface area contributed by atoms with Crippen LogP contribution in [-0.2, 0) is 10.0 Å². The topological polar surface area (TPSA) is 73.8 Å². The van der Waals surface area contributed by atoms with Crippen LogP contribution in [0.5, 0.6) is 0 Å². The molecule has 1 rings (SSSR count). The molecule has 0 spiro atoms. The first-order chi connectivity index (χ1) is 11.5. The average Bonchev–Trinajstić information content (AvgIpc) is 2.56. The Kier molecular flexibility index (Phi) is 10.3. The molecule has 7 heteroatoms. The quantitative estimate of drug-likeness (QED) is 0.356. The van der Waals surface area contributed by atoms with Gasteiger partial charge in [-0.3, -0.25) is 4.99 Å². The van der Waals surface area contributed by atoms with Crippen LogP contribution in [0.3, 0.4) is 0 Å². The number of sulfonamides is 1. The molecule has 142 valence electrons. The Morgan fingerprint density at radius 2 is 1.75 bits per heavy atom. The van der Waals surface area contributed by atoms with Gasteiger partial charge in [0.25, 0.3) is 0 Å². The van der Waals surface area contributed by atoms with Gasteiger partial charge in [0.15, 0.2) is 5.96 Å². The monoisotopic (exact) mass is 360 g/mol. The summed E-state index contributed by atoms with van der Waals surface area (Å²) in [6.07, 6.45) is 11.6. The second kappa shape index (κ2) is 11.7. The maximum absolute atomic E-state index is 11.5. The van der Waals surface area contributed by atoms with Crippen LogP contribution in [0.4, 0.5) is 0 Å². The van der Waals surface area contributed by atoms with E-state index in [4.69, 9.17) is 0 Å². The Hall–Kier alpha value is -0.820. The third-order valence-electron chi connectivity index (χ3n) is 4.73. The molecule has 0 heterocycles. The van der Waals surface area contributed by atoms with Gasteiger partial charge in [-0.15, -0.1) is 0 Å². The molecule has 2 N–H and O–H groups in total. The lowest BCUT2D eigenvalue weighted by molar-refractivity contribution is 0.332. The van der Waals surface area contributed by atoms with Crippen LogP contribution in [-0.4, -0.2) is 58.2 Å². The molecule has 0 bridgehead atoms. The van der Waals surface area contributed by atoms with E-state index in [0.717, 1.165) is 24.8 Å². The molecule has 0 amide bonds. The minimum absolute atomic E-state index is 0.521. The van der Waals surface area contributed by atoms with Gasteiger partial charge in [0, 0.05) is 33.2 Å². The van der Waals surface area contributed by atoms with E-state index in [1.165, 1.54) is 55.5 Å². The summed E-state index contributed by atoms with van der Waals surface area (Å²) >= 11 is 0. The van der Waals surface area contributed by atoms with E-state index >= 15 is 0 Å². The van der Waals surface area contributed by atoms with Crippen molar-refractivity contribution in [2.24, 2.45) is 10.9 Å². The molecular formula is C17H36N4O2S. The molecule has 1 saturated carbocycles. The Labute approximate surface area is 148 Å². The Morgan fingerprint density at radius 3 is 2.29 bits per heavy atom. The highest BCUT2D eigenvalue weighted by atomic mass is 32.2. The summed E-state index contributed by atoms with van der Waals surface area (Å²) in [5.74, 6) is 1.73. The number of nitrogens with zero attached hydrogens (tertiary/aromatic N) is 2. The van der Waals surface area contributed by atoms with Gasteiger partial charge in [-0.25, -0.2) is 12.7 Å². The van der Waals surface area contributed by atoms with Gasteiger partial charge in [-0.05, 0) is 25.2 Å². The average molecular weight is 361 g/mol. The van der Waals surface area contributed by atoms with E-state index in [-0.39, 0.29) is 0 Å². The van der Waals surface area contributed by atoms with Crippen molar-refractivity contribution in [1.82, 2.24) is 14.9 Å². The predicted octanol–water partition coefficient (Wildman–Crippen LogP) is 2.18. The summed E-state index contributed by atoms with van der Waals surface area (Å²) in [5, 5.41) is 6.60. The summed E-state index contributed by atoms with van der Waals surface area (Å²) in [6.45, 7) is 4.59. The SMILES string of the molecule is CCN(CCCNC(=NC)NCCCC1CCCCC1)S(C)(=O)=O. The van der Waals surface area contributed by atoms with Crippen molar-refractivity contribution in [2.45, 2.75) is 58.3 Å². The second-order valence-corrected chi connectivity index (χ2v) is 8.66. The summed E-state index contributed by atoms with van der Waals surface area (Å²) in [6, 6.07) is 0. The molecule has 0 atom stereocenters. The number of hydrogen-bond acceptors (Lipinski definition) is 3. The van der Waals surface area contributed by atoms with E-state index in [9.17, 15) is 8.42 Å². The molecule has 0 aliphatic heterocycles. The first kappa shape index (κ1) is 21.2. The molecule has 1 aliphatic carbocycles. The van der Waals surface area contributed by atoms with E-state index < -0.39 is 10.0 Å². The van der Waals surface area contributed by atoms with Gasteiger partial charge in [0.1, 0.15) is 0 Å². The van der Waals surface area contributed by atoms with Crippen LogP contribution < -0.4 is 10.6 Å². The van der Waals surface area contributed by atoms with E-state index in [1.807, 2.05) is 6.92 Å². The van der Waals surface area contributed by atoms with Crippen molar-refractivity contribution in [2.75, 3.05) is 39.5 Å². The standard InChI is InChI=1S/C17H36N4O2S/c1-4-21(24(3,22)23)15-9-14-20-17(18-2)19-13-8-12-16-10-6-5-7-11-16/h16H,4-15H2,1-3H3,(H2,18,19,20). The van der Waals surface area contributed by atoms with Crippen molar-refractivity contribution in [3.8, 4) is 0 Å². The van der Waals surface area contributed by atoms with Crippen molar-refractivity contribution in [3.05, 3.63) is 0 Å². The lowest BCUT2D eigenvalue weighted by atomic mass is 9.86. The van der Waals surface area contributed by atoms with Crippen molar-refractivity contribution in [1.29, 1.82) is 0 Å². The van der Waals surface area contributed by atoms with Crippen molar-refractivity contribution < 1.29 is 8.42 Å². The summed E-state index contributed by atoms with van der Waals surface area (Å²) in [5.41, 5.74) is 0. The van der Waals surface area contributed by atoms with Gasteiger partial charge in [-0.1, -0.05) is 39.0 Å². The van der Waals surface area contributed by atoms with Gasteiger partial charge in [0.2, 0.25) is 10.0 Å². The van der Waals surface area contributed by atoms with Crippen LogP contribution in [0.1, 0.15) is 58.3 Å². The molecule has 0 radical (unpaired) electrons. The minimum Gasteiger partial charge on any atom is -0.356 e. The number of aliphatic imine (C=N–C) groups is 1. The van der Waals surface area contributed by atoms with Gasteiger partial charge in [-0.2, -0.15) is 0 Å². The molecule has 24 heavy (non-hydrogen) atoms. The van der Waals surface area contributed by atoms with Gasteiger partial charge < -0.3 is 10.6 Å². The maximum Gasteiger partial charge on any atom is 0.211 e. The van der Waals surface area contributed by atoms with Crippen molar-refractivity contribution >= 4 is 16.0 Å². The molecule has 0 unspecified atom stereocenters. The third-order valence-corrected chi connectivity index (χ3v) is 6.11. The van der Waals surface area contributed by atoms with E-state index in [1.54, 1.807) is 7.05 Å². The lowest BCUT2D eigenvalue weighted by Gasteiger charge is -2.21.